The zero-order chi connectivity index (χ0) is 12.7. The number of aliphatic carboxylic acids is 1. The van der Waals surface area contributed by atoms with Crippen molar-refractivity contribution in [3.63, 3.8) is 0 Å². The summed E-state index contributed by atoms with van der Waals surface area (Å²) in [6, 6.07) is 0. The number of amides is 1. The fraction of sp³-hybridized carbons (Fsp3) is 0.818. The van der Waals surface area contributed by atoms with Gasteiger partial charge in [-0.2, -0.15) is 0 Å². The summed E-state index contributed by atoms with van der Waals surface area (Å²) in [6.45, 7) is 0. The van der Waals surface area contributed by atoms with Gasteiger partial charge in [0.25, 0.3) is 0 Å². The first kappa shape index (κ1) is 12.3. The van der Waals surface area contributed by atoms with Crippen LogP contribution >= 0.6 is 0 Å². The van der Waals surface area contributed by atoms with E-state index < -0.39 is 23.3 Å². The molecule has 0 radical (unpaired) electrons. The third-order valence-electron chi connectivity index (χ3n) is 3.61. The molecule has 6 heteroatoms. The van der Waals surface area contributed by atoms with E-state index in [-0.39, 0.29) is 31.6 Å². The number of alkyl halides is 2. The Morgan fingerprint density at radius 3 is 2.06 bits per heavy atom. The van der Waals surface area contributed by atoms with Crippen molar-refractivity contribution in [1.29, 1.82) is 0 Å². The summed E-state index contributed by atoms with van der Waals surface area (Å²) in [6.07, 6.45) is 0.549. The van der Waals surface area contributed by atoms with Gasteiger partial charge in [0.15, 0.2) is 0 Å². The molecule has 0 spiro atoms. The molecule has 1 amide bonds. The number of hydrogen-bond donors (Lipinski definition) is 2. The maximum absolute atomic E-state index is 12.9. The number of carbonyl (C=O) groups excluding carboxylic acids is 1. The molecule has 0 aromatic heterocycles. The van der Waals surface area contributed by atoms with Gasteiger partial charge in [0, 0.05) is 18.8 Å². The van der Waals surface area contributed by atoms with E-state index in [4.69, 9.17) is 5.11 Å². The van der Waals surface area contributed by atoms with Gasteiger partial charge in [-0.1, -0.05) is 0 Å². The van der Waals surface area contributed by atoms with Gasteiger partial charge in [0.1, 0.15) is 5.54 Å². The largest absolute Gasteiger partial charge is 0.480 e. The highest BCUT2D eigenvalue weighted by Crippen LogP contribution is 2.39. The molecule has 17 heavy (non-hydrogen) atoms. The predicted molar refractivity (Wildman–Crippen MR) is 54.6 cm³/mol. The first-order chi connectivity index (χ1) is 7.85. The van der Waals surface area contributed by atoms with Gasteiger partial charge in [-0.05, 0) is 25.7 Å². The minimum atomic E-state index is -2.67. The number of carbonyl (C=O) groups is 2. The second kappa shape index (κ2) is 3.92. The molecule has 0 aromatic rings. The van der Waals surface area contributed by atoms with Crippen LogP contribution in [0.4, 0.5) is 8.78 Å². The first-order valence-corrected chi connectivity index (χ1v) is 5.78. The molecule has 2 fully saturated rings. The Hall–Kier alpha value is -1.20. The summed E-state index contributed by atoms with van der Waals surface area (Å²) >= 11 is 0. The fourth-order valence-electron chi connectivity index (χ4n) is 2.16. The molecular weight excluding hydrogens is 232 g/mol. The lowest BCUT2D eigenvalue weighted by molar-refractivity contribution is -0.144. The molecule has 0 saturated heterocycles. The van der Waals surface area contributed by atoms with Gasteiger partial charge >= 0.3 is 5.97 Å². The molecule has 2 saturated carbocycles. The van der Waals surface area contributed by atoms with Gasteiger partial charge in [0.05, 0.1) is 0 Å². The molecule has 0 atom stereocenters. The van der Waals surface area contributed by atoms with E-state index in [0.717, 1.165) is 0 Å². The summed E-state index contributed by atoms with van der Waals surface area (Å²) in [5.41, 5.74) is -1.11. The molecule has 96 valence electrons. The highest BCUT2D eigenvalue weighted by molar-refractivity contribution is 5.90. The van der Waals surface area contributed by atoms with Crippen molar-refractivity contribution in [3.05, 3.63) is 0 Å². The van der Waals surface area contributed by atoms with Crippen LogP contribution in [0.3, 0.4) is 0 Å². The van der Waals surface area contributed by atoms with Gasteiger partial charge in [-0.3, -0.25) is 4.79 Å². The highest BCUT2D eigenvalue weighted by atomic mass is 19.3. The molecule has 0 aromatic carbocycles. The number of carboxylic acid groups (broad SMARTS) is 1. The van der Waals surface area contributed by atoms with E-state index in [1.807, 2.05) is 0 Å². The van der Waals surface area contributed by atoms with Crippen LogP contribution in [0.15, 0.2) is 0 Å². The van der Waals surface area contributed by atoms with E-state index in [9.17, 15) is 18.4 Å². The lowest BCUT2D eigenvalue weighted by Crippen LogP contribution is -2.46. The Labute approximate surface area is 97.4 Å². The average Bonchev–Trinajstić information content (AvgIpc) is 2.98. The van der Waals surface area contributed by atoms with Crippen molar-refractivity contribution in [2.75, 3.05) is 0 Å². The van der Waals surface area contributed by atoms with E-state index >= 15 is 0 Å². The van der Waals surface area contributed by atoms with Crippen molar-refractivity contribution in [3.8, 4) is 0 Å². The number of nitrogens with one attached hydrogen (secondary N) is 1. The Balaban J connectivity index is 1.88. The third kappa shape index (κ3) is 2.56. The van der Waals surface area contributed by atoms with Crippen LogP contribution < -0.4 is 5.32 Å². The maximum atomic E-state index is 12.9. The second-order valence-corrected chi connectivity index (χ2v) is 5.01. The average molecular weight is 247 g/mol. The lowest BCUT2D eigenvalue weighted by atomic mass is 9.86. The maximum Gasteiger partial charge on any atom is 0.329 e. The number of hydrogen-bond acceptors (Lipinski definition) is 2. The molecular formula is C11H15F2NO3. The lowest BCUT2D eigenvalue weighted by Gasteiger charge is -2.28. The molecule has 2 aliphatic rings. The summed E-state index contributed by atoms with van der Waals surface area (Å²) < 4.78 is 25.8. The Morgan fingerprint density at radius 1 is 1.12 bits per heavy atom. The van der Waals surface area contributed by atoms with Crippen LogP contribution in [0.2, 0.25) is 0 Å². The molecule has 2 aliphatic carbocycles. The fourth-order valence-corrected chi connectivity index (χ4v) is 2.16. The zero-order valence-electron chi connectivity index (χ0n) is 9.34. The topological polar surface area (TPSA) is 66.4 Å². The molecule has 0 bridgehead atoms. The number of carboxylic acids is 1. The normalized spacial score (nSPS) is 26.2. The molecule has 4 nitrogen and oxygen atoms in total. The van der Waals surface area contributed by atoms with Crippen LogP contribution in [0, 0.1) is 5.92 Å². The minimum Gasteiger partial charge on any atom is -0.480 e. The van der Waals surface area contributed by atoms with E-state index in [0.29, 0.717) is 12.8 Å². The van der Waals surface area contributed by atoms with E-state index in [1.54, 1.807) is 0 Å². The van der Waals surface area contributed by atoms with Gasteiger partial charge in [-0.25, -0.2) is 13.6 Å². The number of halogens is 2. The molecule has 0 aliphatic heterocycles. The predicted octanol–water partition coefficient (Wildman–Crippen LogP) is 1.55. The quantitative estimate of drug-likeness (QED) is 0.795. The number of rotatable bonds is 3. The van der Waals surface area contributed by atoms with Gasteiger partial charge in [0.2, 0.25) is 11.8 Å². The molecule has 2 rings (SSSR count). The van der Waals surface area contributed by atoms with E-state index in [2.05, 4.69) is 5.32 Å². The van der Waals surface area contributed by atoms with Crippen LogP contribution in [0.5, 0.6) is 0 Å². The Morgan fingerprint density at radius 2 is 1.65 bits per heavy atom. The minimum absolute atomic E-state index is 0.133. The van der Waals surface area contributed by atoms with Gasteiger partial charge < -0.3 is 10.4 Å². The Bertz CT molecular complexity index is 343. The van der Waals surface area contributed by atoms with Crippen molar-refractivity contribution < 1.29 is 23.5 Å². The van der Waals surface area contributed by atoms with Crippen LogP contribution in [-0.4, -0.2) is 28.4 Å². The molecule has 0 unspecified atom stereocenters. The summed E-state index contributed by atoms with van der Waals surface area (Å²) in [5, 5.41) is 11.4. The smallest absolute Gasteiger partial charge is 0.329 e. The molecule has 0 heterocycles. The van der Waals surface area contributed by atoms with Gasteiger partial charge in [-0.15, -0.1) is 0 Å². The highest BCUT2D eigenvalue weighted by Gasteiger charge is 2.52. The van der Waals surface area contributed by atoms with Crippen molar-refractivity contribution in [1.82, 2.24) is 5.32 Å². The van der Waals surface area contributed by atoms with Crippen LogP contribution in [-0.2, 0) is 9.59 Å². The third-order valence-corrected chi connectivity index (χ3v) is 3.61. The van der Waals surface area contributed by atoms with Crippen LogP contribution in [0.25, 0.3) is 0 Å². The molecule has 2 N–H and O–H groups in total. The van der Waals surface area contributed by atoms with E-state index in [1.165, 1.54) is 0 Å². The summed E-state index contributed by atoms with van der Waals surface area (Å²) in [4.78, 5) is 22.6. The standard InChI is InChI=1S/C11H15F2NO3/c12-11(13)3-1-7(2-4-11)8(15)14-10(5-6-10)9(16)17/h7H,1-6H2,(H,14,15)(H,16,17). The zero-order valence-corrected chi connectivity index (χ0v) is 9.34. The summed E-state index contributed by atoms with van der Waals surface area (Å²) in [7, 11) is 0. The SMILES string of the molecule is O=C(NC1(C(=O)O)CC1)C1CCC(F)(F)CC1. The Kier molecular flexibility index (Phi) is 2.83. The first-order valence-electron chi connectivity index (χ1n) is 5.78. The van der Waals surface area contributed by atoms with Crippen molar-refractivity contribution in [2.24, 2.45) is 5.92 Å². The summed E-state index contributed by atoms with van der Waals surface area (Å²) in [5.74, 6) is -4.56. The van der Waals surface area contributed by atoms with Crippen LogP contribution in [0.1, 0.15) is 38.5 Å². The van der Waals surface area contributed by atoms with Crippen molar-refractivity contribution in [2.45, 2.75) is 50.0 Å². The monoisotopic (exact) mass is 247 g/mol. The second-order valence-electron chi connectivity index (χ2n) is 5.01. The van der Waals surface area contributed by atoms with Crippen molar-refractivity contribution >= 4 is 11.9 Å².